The van der Waals surface area contributed by atoms with Crippen LogP contribution in [0.2, 0.25) is 51.4 Å². The minimum absolute atomic E-state index is 0.287. The fraction of sp³-hybridized carbons (Fsp3) is 0.467. The topological polar surface area (TPSA) is 26.3 Å². The second kappa shape index (κ2) is 13.1. The van der Waals surface area contributed by atoms with E-state index in [1.165, 1.54) is 56.3 Å². The third kappa shape index (κ3) is 7.47. The van der Waals surface area contributed by atoms with Crippen LogP contribution in [0.25, 0.3) is 11.1 Å². The number of halogens is 2. The zero-order chi connectivity index (χ0) is 28.4. The molecule has 8 heteroatoms. The first-order valence-corrected chi connectivity index (χ1v) is 29.0. The molecule has 4 rings (SSSR count). The Bertz CT molecular complexity index is 1170. The van der Waals surface area contributed by atoms with E-state index in [-0.39, 0.29) is 9.52 Å². The zero-order valence-electron chi connectivity index (χ0n) is 24.8. The molecule has 0 saturated heterocycles. The van der Waals surface area contributed by atoms with Gasteiger partial charge < -0.3 is 8.83 Å². The normalized spacial score (nSPS) is 20.3. The Morgan fingerprint density at radius 3 is 1.32 bits per heavy atom. The van der Waals surface area contributed by atoms with Gasteiger partial charge >= 0.3 is 37.9 Å². The van der Waals surface area contributed by atoms with Gasteiger partial charge in [-0.05, 0) is 52.0 Å². The molecule has 0 aromatic carbocycles. The summed E-state index contributed by atoms with van der Waals surface area (Å²) < 4.78 is 12.9. The monoisotopic (exact) mass is 680 g/mol. The Labute approximate surface area is 253 Å². The van der Waals surface area contributed by atoms with Gasteiger partial charge in [-0.15, -0.1) is 0 Å². The molecule has 2 nitrogen and oxygen atoms in total. The first kappa shape index (κ1) is 32.2. The SMILES string of the molecule is CC1=C(C)C(C[SiH2]CC2C(c3ccc([Si](C)(C)C)o3)=CC(C)=C2C)C(c2ccc([Si](C)(C)C)o2)=C1.[Cl][Zr][Cl]. The fourth-order valence-electron chi connectivity index (χ4n) is 5.46. The Morgan fingerprint density at radius 2 is 1.03 bits per heavy atom. The van der Waals surface area contributed by atoms with Crippen LogP contribution in [0.15, 0.2) is 67.5 Å². The van der Waals surface area contributed by atoms with Crippen molar-refractivity contribution in [2.75, 3.05) is 0 Å². The summed E-state index contributed by atoms with van der Waals surface area (Å²) >= 11 is -0.826. The van der Waals surface area contributed by atoms with Crippen LogP contribution in [0.5, 0.6) is 0 Å². The molecule has 0 saturated carbocycles. The summed E-state index contributed by atoms with van der Waals surface area (Å²) in [6.45, 7) is 23.3. The predicted octanol–water partition coefficient (Wildman–Crippen LogP) is 8.74. The van der Waals surface area contributed by atoms with Gasteiger partial charge in [-0.3, -0.25) is 0 Å². The molecule has 2 aliphatic carbocycles. The zero-order valence-corrected chi connectivity index (χ0v) is 32.2. The molecule has 0 fully saturated rings. The molecule has 2 aromatic heterocycles. The minimum atomic E-state index is -1.44. The van der Waals surface area contributed by atoms with Gasteiger partial charge in [0.15, 0.2) is 0 Å². The van der Waals surface area contributed by atoms with Gasteiger partial charge in [-0.2, -0.15) is 0 Å². The van der Waals surface area contributed by atoms with Gasteiger partial charge in [0, 0.05) is 32.5 Å². The molecule has 206 valence electrons. The van der Waals surface area contributed by atoms with E-state index in [2.05, 4.69) is 103 Å². The van der Waals surface area contributed by atoms with Crippen molar-refractivity contribution in [2.24, 2.45) is 11.8 Å². The Balaban J connectivity index is 0.00000127. The Morgan fingerprint density at radius 1 is 0.684 bits per heavy atom. The number of hydrogen-bond donors (Lipinski definition) is 0. The van der Waals surface area contributed by atoms with Gasteiger partial charge in [0.05, 0.1) is 10.8 Å². The van der Waals surface area contributed by atoms with Gasteiger partial charge in [-0.25, -0.2) is 0 Å². The quantitative estimate of drug-likeness (QED) is 0.261. The summed E-state index contributed by atoms with van der Waals surface area (Å²) in [6.07, 6.45) is 4.77. The molecule has 0 amide bonds. The molecular formula is C30H44Cl2O2Si3Zr. The van der Waals surface area contributed by atoms with Gasteiger partial charge in [0.2, 0.25) is 0 Å². The van der Waals surface area contributed by atoms with Crippen molar-refractivity contribution in [1.29, 1.82) is 0 Å². The van der Waals surface area contributed by atoms with E-state index >= 15 is 0 Å². The number of rotatable bonds is 8. The van der Waals surface area contributed by atoms with E-state index in [9.17, 15) is 0 Å². The average Bonchev–Trinajstić information content (AvgIpc) is 3.59. The van der Waals surface area contributed by atoms with Crippen molar-refractivity contribution in [3.8, 4) is 0 Å². The van der Waals surface area contributed by atoms with E-state index in [1.54, 1.807) is 0 Å². The molecule has 2 aromatic rings. The van der Waals surface area contributed by atoms with Crippen LogP contribution in [0.4, 0.5) is 0 Å². The molecule has 2 unspecified atom stereocenters. The molecular weight excluding hydrogens is 639 g/mol. The second-order valence-electron chi connectivity index (χ2n) is 12.9. The molecule has 38 heavy (non-hydrogen) atoms. The second-order valence-corrected chi connectivity index (χ2v) is 28.4. The van der Waals surface area contributed by atoms with Crippen molar-refractivity contribution in [2.45, 2.75) is 79.1 Å². The van der Waals surface area contributed by atoms with Gasteiger partial charge in [-0.1, -0.05) is 85.8 Å². The summed E-state index contributed by atoms with van der Waals surface area (Å²) in [7, 11) is 6.69. The Kier molecular flexibility index (Phi) is 11.1. The van der Waals surface area contributed by atoms with E-state index in [1.807, 2.05) is 0 Å². The summed E-state index contributed by atoms with van der Waals surface area (Å²) in [6, 6.07) is 11.5. The average molecular weight is 683 g/mol. The first-order valence-electron chi connectivity index (χ1n) is 13.6. The van der Waals surface area contributed by atoms with Gasteiger partial charge in [0.25, 0.3) is 0 Å². The molecule has 0 bridgehead atoms. The maximum absolute atomic E-state index is 6.43. The van der Waals surface area contributed by atoms with Crippen LogP contribution in [-0.2, 0) is 20.8 Å². The van der Waals surface area contributed by atoms with Crippen LogP contribution in [0.1, 0.15) is 39.2 Å². The van der Waals surface area contributed by atoms with E-state index in [0.717, 1.165) is 11.5 Å². The summed E-state index contributed by atoms with van der Waals surface area (Å²) in [5, 5.41) is 2.42. The van der Waals surface area contributed by atoms with Crippen molar-refractivity contribution >= 4 is 64.6 Å². The van der Waals surface area contributed by atoms with E-state index < -0.39 is 37.0 Å². The standard InChI is InChI=1S/C30H44O2Si3.2ClH.Zr/c1-19-15-23(27-11-13-29(31-27)34(5,6)7)25(21(19)3)17-33-18-26-22(4)20(2)16-24(26)28-12-14-30(32-28)35(8,9)10;;;/h11-16,25-26H,17-18,33H2,1-10H3;2*1H;/q;;;+2/p-2. The number of furan rings is 2. The van der Waals surface area contributed by atoms with Crippen molar-refractivity contribution < 1.29 is 29.7 Å². The predicted molar refractivity (Wildman–Crippen MR) is 173 cm³/mol. The summed E-state index contributed by atoms with van der Waals surface area (Å²) in [4.78, 5) is 0. The van der Waals surface area contributed by atoms with Crippen LogP contribution in [0.3, 0.4) is 0 Å². The first-order chi connectivity index (χ1) is 17.7. The number of hydrogen-bond acceptors (Lipinski definition) is 2. The Hall–Kier alpha value is -0.366. The molecule has 0 radical (unpaired) electrons. The van der Waals surface area contributed by atoms with Gasteiger partial charge in [0.1, 0.15) is 27.7 Å². The van der Waals surface area contributed by atoms with Crippen LogP contribution in [-0.4, -0.2) is 25.7 Å². The maximum atomic E-state index is 6.43. The molecule has 0 spiro atoms. The van der Waals surface area contributed by atoms with E-state index in [4.69, 9.17) is 25.9 Å². The van der Waals surface area contributed by atoms with Crippen molar-refractivity contribution in [3.05, 3.63) is 70.2 Å². The van der Waals surface area contributed by atoms with E-state index in [0.29, 0.717) is 11.8 Å². The molecule has 2 heterocycles. The number of allylic oxidation sites excluding steroid dienone is 8. The molecule has 0 N–H and O–H groups in total. The molecule has 0 aliphatic heterocycles. The molecule has 2 atom stereocenters. The molecule has 2 aliphatic rings. The summed E-state index contributed by atoms with van der Waals surface area (Å²) in [5.74, 6) is 3.23. The van der Waals surface area contributed by atoms with Crippen molar-refractivity contribution in [3.63, 3.8) is 0 Å². The fourth-order valence-corrected chi connectivity index (χ4v) is 10.00. The van der Waals surface area contributed by atoms with Crippen molar-refractivity contribution in [1.82, 2.24) is 0 Å². The van der Waals surface area contributed by atoms with Crippen LogP contribution in [0, 0.1) is 11.8 Å². The summed E-state index contributed by atoms with van der Waals surface area (Å²) in [5.41, 5.74) is 8.74. The third-order valence-corrected chi connectivity index (χ3v) is 13.5. The van der Waals surface area contributed by atoms with Crippen LogP contribution < -0.4 is 10.8 Å². The van der Waals surface area contributed by atoms with Crippen LogP contribution >= 0.6 is 17.0 Å². The third-order valence-electron chi connectivity index (χ3n) is 8.03.